The number of hydrogen-bond acceptors (Lipinski definition) is 5. The van der Waals surface area contributed by atoms with Gasteiger partial charge in [0.1, 0.15) is 5.75 Å². The van der Waals surface area contributed by atoms with Gasteiger partial charge in [-0.15, -0.1) is 0 Å². The minimum atomic E-state index is -3.71. The number of hydrogen-bond donors (Lipinski definition) is 0. The molecule has 0 bridgehead atoms. The van der Waals surface area contributed by atoms with Gasteiger partial charge in [0.15, 0.2) is 0 Å². The van der Waals surface area contributed by atoms with Crippen molar-refractivity contribution in [3.63, 3.8) is 0 Å². The van der Waals surface area contributed by atoms with Crippen LogP contribution in [0.1, 0.15) is 36.8 Å². The Morgan fingerprint density at radius 3 is 2.28 bits per heavy atom. The molecule has 0 spiro atoms. The van der Waals surface area contributed by atoms with Gasteiger partial charge in [-0.1, -0.05) is 36.2 Å². The van der Waals surface area contributed by atoms with Crippen LogP contribution in [-0.2, 0) is 20.7 Å². The van der Waals surface area contributed by atoms with Crippen LogP contribution in [0.3, 0.4) is 0 Å². The number of aryl methyl sites for hydroxylation is 1. The summed E-state index contributed by atoms with van der Waals surface area (Å²) in [5.74, 6) is 0.848. The van der Waals surface area contributed by atoms with Crippen LogP contribution in [0, 0.1) is 6.92 Å². The summed E-state index contributed by atoms with van der Waals surface area (Å²) in [6.07, 6.45) is 5.56. The summed E-state index contributed by atoms with van der Waals surface area (Å²) < 4.78 is 35.4. The first-order valence-corrected chi connectivity index (χ1v) is 11.8. The molecule has 0 aromatic heterocycles. The molecule has 1 aliphatic heterocycles. The Kier molecular flexibility index (Phi) is 8.09. The molecular weight excluding hydrogens is 386 g/mol. The van der Waals surface area contributed by atoms with Crippen LogP contribution in [-0.4, -0.2) is 46.2 Å². The van der Waals surface area contributed by atoms with Crippen LogP contribution in [0.5, 0.6) is 5.75 Å². The van der Waals surface area contributed by atoms with Gasteiger partial charge in [0.25, 0.3) is 10.1 Å². The van der Waals surface area contributed by atoms with Crippen LogP contribution < -0.4 is 4.74 Å². The van der Waals surface area contributed by atoms with E-state index in [2.05, 4.69) is 4.90 Å². The summed E-state index contributed by atoms with van der Waals surface area (Å²) in [7, 11) is -3.71. The Balaban J connectivity index is 1.37. The molecule has 0 radical (unpaired) electrons. The van der Waals surface area contributed by atoms with Crippen LogP contribution in [0.2, 0.25) is 0 Å². The molecule has 6 heteroatoms. The number of nitrogens with zero attached hydrogens (tertiary/aromatic N) is 1. The van der Waals surface area contributed by atoms with Gasteiger partial charge in [-0.25, -0.2) is 0 Å². The number of ether oxygens (including phenoxy) is 1. The predicted molar refractivity (Wildman–Crippen MR) is 115 cm³/mol. The summed E-state index contributed by atoms with van der Waals surface area (Å²) in [5.41, 5.74) is 2.03. The molecule has 1 fully saturated rings. The molecule has 2 aromatic carbocycles. The topological polar surface area (TPSA) is 55.8 Å². The summed E-state index contributed by atoms with van der Waals surface area (Å²) in [6.45, 7) is 6.29. The van der Waals surface area contributed by atoms with E-state index in [0.29, 0.717) is 13.0 Å². The molecular formula is C23H31NO4S. The molecule has 0 aliphatic carbocycles. The zero-order valence-corrected chi connectivity index (χ0v) is 18.0. The van der Waals surface area contributed by atoms with Crippen molar-refractivity contribution >= 4 is 10.1 Å². The standard InChI is InChI=1S/C23H31NO4S/c1-20-6-12-23(13-7-20)29(25,26)28-19-14-21-8-10-22(11-9-21)27-18-5-17-24-15-3-2-4-16-24/h6-13H,2-5,14-19H2,1H3. The molecule has 29 heavy (non-hydrogen) atoms. The lowest BCUT2D eigenvalue weighted by atomic mass is 10.1. The number of rotatable bonds is 10. The van der Waals surface area contributed by atoms with Gasteiger partial charge in [-0.05, 0) is 75.5 Å². The molecule has 1 saturated heterocycles. The zero-order valence-electron chi connectivity index (χ0n) is 17.2. The highest BCUT2D eigenvalue weighted by Crippen LogP contribution is 2.16. The van der Waals surface area contributed by atoms with Crippen molar-refractivity contribution in [2.75, 3.05) is 32.8 Å². The van der Waals surface area contributed by atoms with Gasteiger partial charge >= 0.3 is 0 Å². The fourth-order valence-corrected chi connectivity index (χ4v) is 4.36. The van der Waals surface area contributed by atoms with E-state index in [1.165, 1.54) is 32.4 Å². The van der Waals surface area contributed by atoms with Crippen molar-refractivity contribution in [1.82, 2.24) is 4.90 Å². The molecule has 158 valence electrons. The summed E-state index contributed by atoms with van der Waals surface area (Å²) >= 11 is 0. The molecule has 2 aromatic rings. The maximum atomic E-state index is 12.2. The Morgan fingerprint density at radius 1 is 0.897 bits per heavy atom. The normalized spacial score (nSPS) is 15.3. The summed E-state index contributed by atoms with van der Waals surface area (Å²) in [5, 5.41) is 0. The Bertz CT molecular complexity index is 841. The summed E-state index contributed by atoms with van der Waals surface area (Å²) in [4.78, 5) is 2.71. The Morgan fingerprint density at radius 2 is 1.59 bits per heavy atom. The lowest BCUT2D eigenvalue weighted by Gasteiger charge is -2.26. The first-order valence-electron chi connectivity index (χ1n) is 10.4. The number of likely N-dealkylation sites (tertiary alicyclic amines) is 1. The van der Waals surface area contributed by atoms with Crippen molar-refractivity contribution in [1.29, 1.82) is 0 Å². The summed E-state index contributed by atoms with van der Waals surface area (Å²) in [6, 6.07) is 14.5. The van der Waals surface area contributed by atoms with Crippen molar-refractivity contribution in [2.24, 2.45) is 0 Å². The second-order valence-corrected chi connectivity index (χ2v) is 9.20. The van der Waals surface area contributed by atoms with Crippen LogP contribution in [0.4, 0.5) is 0 Å². The van der Waals surface area contributed by atoms with Crippen molar-refractivity contribution in [3.8, 4) is 5.75 Å². The zero-order chi connectivity index (χ0) is 20.5. The van der Waals surface area contributed by atoms with Crippen molar-refractivity contribution in [2.45, 2.75) is 43.9 Å². The Hall–Kier alpha value is -1.89. The van der Waals surface area contributed by atoms with E-state index in [1.54, 1.807) is 24.3 Å². The maximum absolute atomic E-state index is 12.2. The van der Waals surface area contributed by atoms with E-state index in [4.69, 9.17) is 8.92 Å². The largest absolute Gasteiger partial charge is 0.494 e. The number of benzene rings is 2. The third-order valence-corrected chi connectivity index (χ3v) is 6.52. The molecule has 1 heterocycles. The lowest BCUT2D eigenvalue weighted by Crippen LogP contribution is -2.31. The van der Waals surface area contributed by atoms with Gasteiger partial charge in [-0.3, -0.25) is 4.18 Å². The van der Waals surface area contributed by atoms with Gasteiger partial charge in [0, 0.05) is 6.54 Å². The predicted octanol–water partition coefficient (Wildman–Crippen LogP) is 4.20. The van der Waals surface area contributed by atoms with Gasteiger partial charge in [0.05, 0.1) is 18.1 Å². The first kappa shape index (κ1) is 21.8. The average molecular weight is 418 g/mol. The minimum absolute atomic E-state index is 0.117. The molecule has 0 amide bonds. The van der Waals surface area contributed by atoms with E-state index < -0.39 is 10.1 Å². The average Bonchev–Trinajstić information content (AvgIpc) is 2.73. The van der Waals surface area contributed by atoms with E-state index in [-0.39, 0.29) is 11.5 Å². The third kappa shape index (κ3) is 7.14. The van der Waals surface area contributed by atoms with Gasteiger partial charge < -0.3 is 9.64 Å². The smallest absolute Gasteiger partial charge is 0.296 e. The fraction of sp³-hybridized carbons (Fsp3) is 0.478. The molecule has 0 N–H and O–H groups in total. The van der Waals surface area contributed by atoms with E-state index >= 15 is 0 Å². The quantitative estimate of drug-likeness (QED) is 0.428. The highest BCUT2D eigenvalue weighted by molar-refractivity contribution is 7.86. The highest BCUT2D eigenvalue weighted by atomic mass is 32.2. The lowest BCUT2D eigenvalue weighted by molar-refractivity contribution is 0.205. The van der Waals surface area contributed by atoms with Crippen LogP contribution in [0.25, 0.3) is 0 Å². The van der Waals surface area contributed by atoms with Gasteiger partial charge in [0.2, 0.25) is 0 Å². The van der Waals surface area contributed by atoms with Crippen molar-refractivity contribution in [3.05, 3.63) is 59.7 Å². The molecule has 3 rings (SSSR count). The Labute approximate surface area is 174 Å². The minimum Gasteiger partial charge on any atom is -0.494 e. The third-order valence-electron chi connectivity index (χ3n) is 5.20. The van der Waals surface area contributed by atoms with Crippen LogP contribution >= 0.6 is 0 Å². The van der Waals surface area contributed by atoms with E-state index in [0.717, 1.165) is 29.8 Å². The first-order chi connectivity index (χ1) is 14.0. The number of piperidine rings is 1. The fourth-order valence-electron chi connectivity index (χ4n) is 3.46. The van der Waals surface area contributed by atoms with Crippen LogP contribution in [0.15, 0.2) is 53.4 Å². The molecule has 0 unspecified atom stereocenters. The maximum Gasteiger partial charge on any atom is 0.296 e. The molecule has 1 aliphatic rings. The SMILES string of the molecule is Cc1ccc(S(=O)(=O)OCCc2ccc(OCCCN3CCCCC3)cc2)cc1. The van der Waals surface area contributed by atoms with Crippen molar-refractivity contribution < 1.29 is 17.3 Å². The second kappa shape index (κ2) is 10.8. The molecule has 5 nitrogen and oxygen atoms in total. The monoisotopic (exact) mass is 417 g/mol. The molecule has 0 atom stereocenters. The molecule has 0 saturated carbocycles. The van der Waals surface area contributed by atoms with E-state index in [9.17, 15) is 8.42 Å². The highest BCUT2D eigenvalue weighted by Gasteiger charge is 2.14. The van der Waals surface area contributed by atoms with Gasteiger partial charge in [-0.2, -0.15) is 8.42 Å². The second-order valence-electron chi connectivity index (χ2n) is 7.59. The van der Waals surface area contributed by atoms with E-state index in [1.807, 2.05) is 31.2 Å².